The van der Waals surface area contributed by atoms with Crippen LogP contribution in [0.1, 0.15) is 45.4 Å². The Balaban J connectivity index is 1.78. The summed E-state index contributed by atoms with van der Waals surface area (Å²) in [6.07, 6.45) is 7.05. The van der Waals surface area contributed by atoms with Gasteiger partial charge in [0.1, 0.15) is 0 Å². The Morgan fingerprint density at radius 1 is 1.22 bits per heavy atom. The van der Waals surface area contributed by atoms with Crippen molar-refractivity contribution in [2.75, 3.05) is 13.7 Å². The van der Waals surface area contributed by atoms with Crippen LogP contribution in [0.4, 0.5) is 4.79 Å². The highest BCUT2D eigenvalue weighted by atomic mass is 16.5. The molecule has 0 spiro atoms. The van der Waals surface area contributed by atoms with Gasteiger partial charge in [-0.05, 0) is 64.3 Å². The fourth-order valence-electron chi connectivity index (χ4n) is 5.08. The molecule has 0 aliphatic heterocycles. The Kier molecular flexibility index (Phi) is 2.81. The quantitative estimate of drug-likeness (QED) is 0.808. The van der Waals surface area contributed by atoms with Gasteiger partial charge in [0.2, 0.25) is 0 Å². The predicted molar refractivity (Wildman–Crippen MR) is 69.4 cm³/mol. The van der Waals surface area contributed by atoms with Gasteiger partial charge >= 0.3 is 6.09 Å². The molecule has 4 aliphatic rings. The Bertz CT molecular complexity index is 342. The van der Waals surface area contributed by atoms with Gasteiger partial charge in [0.25, 0.3) is 0 Å². The molecule has 102 valence electrons. The lowest BCUT2D eigenvalue weighted by Gasteiger charge is -2.62. The maximum absolute atomic E-state index is 11.8. The third-order valence-electron chi connectivity index (χ3n) is 5.23. The average molecular weight is 252 g/mol. The summed E-state index contributed by atoms with van der Waals surface area (Å²) in [5.41, 5.74) is 0.267. The average Bonchev–Trinajstić information content (AvgIpc) is 2.26. The van der Waals surface area contributed by atoms with E-state index in [9.17, 15) is 4.79 Å². The summed E-state index contributed by atoms with van der Waals surface area (Å²) in [6.45, 7) is 2.31. The molecule has 0 radical (unpaired) electrons. The molecule has 2 unspecified atom stereocenters. The molecule has 2 atom stereocenters. The van der Waals surface area contributed by atoms with Crippen LogP contribution in [0, 0.1) is 11.8 Å². The van der Waals surface area contributed by atoms with Crippen LogP contribution in [-0.2, 0) is 4.74 Å². The fourth-order valence-corrected chi connectivity index (χ4v) is 5.08. The van der Waals surface area contributed by atoms with Gasteiger partial charge in [0, 0.05) is 11.1 Å². The Morgan fingerprint density at radius 2 is 1.83 bits per heavy atom. The van der Waals surface area contributed by atoms with Gasteiger partial charge in [-0.2, -0.15) is 0 Å². The molecule has 4 bridgehead atoms. The third kappa shape index (κ3) is 1.91. The number of carbonyl (C=O) groups excluding carboxylic acids is 1. The second-order valence-corrected chi connectivity index (χ2v) is 6.62. The summed E-state index contributed by atoms with van der Waals surface area (Å²) in [7, 11) is 2.07. The molecule has 18 heavy (non-hydrogen) atoms. The minimum atomic E-state index is -0.231. The predicted octanol–water partition coefficient (Wildman–Crippen LogP) is 2.04. The van der Waals surface area contributed by atoms with Crippen molar-refractivity contribution in [3.05, 3.63) is 0 Å². The Hall–Kier alpha value is -0.770. The molecule has 1 amide bonds. The molecule has 4 fully saturated rings. The summed E-state index contributed by atoms with van der Waals surface area (Å²) >= 11 is 0. The number of nitrogens with one attached hydrogen (secondary N) is 2. The monoisotopic (exact) mass is 252 g/mol. The molecule has 0 aromatic heterocycles. The maximum Gasteiger partial charge on any atom is 0.407 e. The van der Waals surface area contributed by atoms with Gasteiger partial charge < -0.3 is 15.4 Å². The summed E-state index contributed by atoms with van der Waals surface area (Å²) in [4.78, 5) is 11.8. The highest BCUT2D eigenvalue weighted by Gasteiger charge is 2.57. The van der Waals surface area contributed by atoms with Gasteiger partial charge in [-0.15, -0.1) is 0 Å². The topological polar surface area (TPSA) is 50.4 Å². The number of amides is 1. The molecule has 4 aliphatic carbocycles. The van der Waals surface area contributed by atoms with Gasteiger partial charge in [0.05, 0.1) is 6.61 Å². The van der Waals surface area contributed by atoms with E-state index in [0.29, 0.717) is 6.61 Å². The van der Waals surface area contributed by atoms with E-state index < -0.39 is 0 Å². The van der Waals surface area contributed by atoms with Gasteiger partial charge in [-0.3, -0.25) is 0 Å². The first-order chi connectivity index (χ1) is 8.59. The Morgan fingerprint density at radius 3 is 2.39 bits per heavy atom. The number of ether oxygens (including phenoxy) is 1. The van der Waals surface area contributed by atoms with E-state index in [1.807, 2.05) is 6.92 Å². The summed E-state index contributed by atoms with van der Waals surface area (Å²) in [5, 5.41) is 6.73. The molecule has 4 nitrogen and oxygen atoms in total. The van der Waals surface area contributed by atoms with Crippen LogP contribution < -0.4 is 10.6 Å². The van der Waals surface area contributed by atoms with Crippen molar-refractivity contribution >= 4 is 6.09 Å². The van der Waals surface area contributed by atoms with Crippen molar-refractivity contribution < 1.29 is 9.53 Å². The summed E-state index contributed by atoms with van der Waals surface area (Å²) < 4.78 is 5.08. The molecule has 4 rings (SSSR count). The first-order valence-electron chi connectivity index (χ1n) is 7.22. The van der Waals surface area contributed by atoms with Crippen LogP contribution in [0.2, 0.25) is 0 Å². The van der Waals surface area contributed by atoms with E-state index in [0.717, 1.165) is 31.1 Å². The van der Waals surface area contributed by atoms with Crippen LogP contribution in [0.15, 0.2) is 0 Å². The first-order valence-corrected chi connectivity index (χ1v) is 7.22. The standard InChI is InChI=1S/C14H24N2O2/c1-3-18-12(17)16-14-7-10-4-11(8-14)6-13(5-10,9-14)15-2/h10-11,15H,3-9H2,1-2H3,(H,16,17). The third-order valence-corrected chi connectivity index (χ3v) is 5.23. The highest BCUT2D eigenvalue weighted by Crippen LogP contribution is 2.57. The van der Waals surface area contributed by atoms with Crippen molar-refractivity contribution in [1.82, 2.24) is 10.6 Å². The largest absolute Gasteiger partial charge is 0.450 e. The lowest BCUT2D eigenvalue weighted by atomic mass is 9.50. The zero-order chi connectivity index (χ0) is 12.8. The molecule has 2 N–H and O–H groups in total. The van der Waals surface area contributed by atoms with Crippen molar-refractivity contribution in [2.45, 2.75) is 56.5 Å². The summed E-state index contributed by atoms with van der Waals surface area (Å²) in [5.74, 6) is 1.56. The molecule has 0 heterocycles. The second-order valence-electron chi connectivity index (χ2n) is 6.62. The number of hydrogen-bond donors (Lipinski definition) is 2. The minimum absolute atomic E-state index is 0.000648. The van der Waals surface area contributed by atoms with Crippen LogP contribution in [0.25, 0.3) is 0 Å². The van der Waals surface area contributed by atoms with Gasteiger partial charge in [0.15, 0.2) is 0 Å². The van der Waals surface area contributed by atoms with E-state index in [-0.39, 0.29) is 17.2 Å². The SMILES string of the molecule is CCOC(=O)NC12CC3CC(CC(NC)(C3)C1)C2. The molecular formula is C14H24N2O2. The number of alkyl carbamates (subject to hydrolysis) is 1. The molecule has 4 heteroatoms. The van der Waals surface area contributed by atoms with Crippen LogP contribution >= 0.6 is 0 Å². The zero-order valence-corrected chi connectivity index (χ0v) is 11.4. The van der Waals surface area contributed by atoms with Crippen LogP contribution in [0.3, 0.4) is 0 Å². The van der Waals surface area contributed by atoms with E-state index in [2.05, 4.69) is 17.7 Å². The number of carbonyl (C=O) groups is 1. The minimum Gasteiger partial charge on any atom is -0.450 e. The molecular weight excluding hydrogens is 228 g/mol. The molecule has 0 aromatic rings. The van der Waals surface area contributed by atoms with Crippen molar-refractivity contribution in [2.24, 2.45) is 11.8 Å². The lowest BCUT2D eigenvalue weighted by Crippen LogP contribution is -2.68. The molecule has 4 saturated carbocycles. The Labute approximate surface area is 109 Å². The normalized spacial score (nSPS) is 45.0. The number of rotatable bonds is 3. The van der Waals surface area contributed by atoms with Crippen molar-refractivity contribution in [3.63, 3.8) is 0 Å². The van der Waals surface area contributed by atoms with E-state index in [4.69, 9.17) is 4.74 Å². The second kappa shape index (κ2) is 4.12. The first kappa shape index (κ1) is 12.3. The van der Waals surface area contributed by atoms with Gasteiger partial charge in [-0.25, -0.2) is 4.79 Å². The highest BCUT2D eigenvalue weighted by molar-refractivity contribution is 5.68. The smallest absolute Gasteiger partial charge is 0.407 e. The van der Waals surface area contributed by atoms with E-state index in [1.54, 1.807) is 0 Å². The zero-order valence-electron chi connectivity index (χ0n) is 11.4. The van der Waals surface area contributed by atoms with E-state index >= 15 is 0 Å². The fraction of sp³-hybridized carbons (Fsp3) is 0.929. The van der Waals surface area contributed by atoms with Gasteiger partial charge in [-0.1, -0.05) is 0 Å². The van der Waals surface area contributed by atoms with E-state index in [1.165, 1.54) is 19.3 Å². The maximum atomic E-state index is 11.8. The lowest BCUT2D eigenvalue weighted by molar-refractivity contribution is -0.0472. The van der Waals surface area contributed by atoms with Crippen LogP contribution in [0.5, 0.6) is 0 Å². The van der Waals surface area contributed by atoms with Crippen LogP contribution in [-0.4, -0.2) is 30.8 Å². The summed E-state index contributed by atoms with van der Waals surface area (Å²) in [6, 6.07) is 0. The molecule has 0 aromatic carbocycles. The van der Waals surface area contributed by atoms with Crippen molar-refractivity contribution in [3.8, 4) is 0 Å². The van der Waals surface area contributed by atoms with Crippen molar-refractivity contribution in [1.29, 1.82) is 0 Å². The molecule has 0 saturated heterocycles. The number of hydrogen-bond acceptors (Lipinski definition) is 3.